The van der Waals surface area contributed by atoms with Crippen LogP contribution in [0, 0.1) is 13.8 Å². The molecule has 188 valence electrons. The summed E-state index contributed by atoms with van der Waals surface area (Å²) in [5, 5.41) is 13.0. The van der Waals surface area contributed by atoms with Crippen molar-refractivity contribution in [2.24, 2.45) is 0 Å². The molecule has 2 fully saturated rings. The van der Waals surface area contributed by atoms with Crippen molar-refractivity contribution in [2.75, 3.05) is 32.5 Å². The van der Waals surface area contributed by atoms with Crippen LogP contribution in [0.2, 0.25) is 0 Å². The first-order valence-corrected chi connectivity index (χ1v) is 12.9. The number of carboxylic acid groups (broad SMARTS) is 1. The Morgan fingerprint density at radius 2 is 1.60 bits per heavy atom. The second-order valence-electron chi connectivity index (χ2n) is 10.5. The third-order valence-electron chi connectivity index (χ3n) is 8.41. The first-order valence-electron chi connectivity index (χ1n) is 12.9. The molecule has 1 aliphatic heterocycles. The second-order valence-corrected chi connectivity index (χ2v) is 10.5. The van der Waals surface area contributed by atoms with Crippen LogP contribution in [-0.4, -0.2) is 65.5 Å². The number of benzene rings is 2. The van der Waals surface area contributed by atoms with E-state index in [2.05, 4.69) is 15.1 Å². The molecule has 1 saturated heterocycles. The van der Waals surface area contributed by atoms with Gasteiger partial charge < -0.3 is 10.4 Å². The van der Waals surface area contributed by atoms with Gasteiger partial charge in [0.2, 0.25) is 5.91 Å². The molecule has 2 aromatic rings. The number of anilines is 1. The fourth-order valence-electron chi connectivity index (χ4n) is 6.27. The van der Waals surface area contributed by atoms with E-state index in [0.29, 0.717) is 11.6 Å². The van der Waals surface area contributed by atoms with Crippen molar-refractivity contribution in [3.05, 3.63) is 64.7 Å². The Kier molecular flexibility index (Phi) is 7.62. The molecule has 2 aromatic carbocycles. The Hall–Kier alpha value is -2.70. The van der Waals surface area contributed by atoms with E-state index in [-0.39, 0.29) is 11.8 Å². The molecule has 6 heteroatoms. The van der Waals surface area contributed by atoms with Crippen molar-refractivity contribution in [1.29, 1.82) is 0 Å². The van der Waals surface area contributed by atoms with Gasteiger partial charge in [-0.3, -0.25) is 14.6 Å². The molecule has 0 radical (unpaired) electrons. The molecule has 2 N–H and O–H groups in total. The van der Waals surface area contributed by atoms with Crippen molar-refractivity contribution in [3.63, 3.8) is 0 Å². The van der Waals surface area contributed by atoms with E-state index in [4.69, 9.17) is 0 Å². The number of hydrogen-bond donors (Lipinski definition) is 2. The van der Waals surface area contributed by atoms with E-state index in [1.165, 1.54) is 6.42 Å². The van der Waals surface area contributed by atoms with Gasteiger partial charge in [0.15, 0.2) is 0 Å². The first kappa shape index (κ1) is 25.4. The summed E-state index contributed by atoms with van der Waals surface area (Å²) in [5.41, 5.74) is 3.89. The molecule has 0 spiro atoms. The topological polar surface area (TPSA) is 72.9 Å². The van der Waals surface area contributed by atoms with Gasteiger partial charge in [0.25, 0.3) is 0 Å². The van der Waals surface area contributed by atoms with Crippen LogP contribution in [0.15, 0.2) is 42.5 Å². The average molecular weight is 478 g/mol. The summed E-state index contributed by atoms with van der Waals surface area (Å²) in [6, 6.07) is 13.9. The fraction of sp³-hybridized carbons (Fsp3) is 0.517. The Bertz CT molecular complexity index is 1050. The molecule has 1 heterocycles. The number of carboxylic acids is 1. The molecule has 35 heavy (non-hydrogen) atoms. The number of likely N-dealkylation sites (N-methyl/N-ethyl adjacent to an activating group) is 1. The number of likely N-dealkylation sites (tertiary alicyclic amines) is 1. The highest BCUT2D eigenvalue weighted by molar-refractivity contribution is 5.99. The largest absolute Gasteiger partial charge is 0.478 e. The van der Waals surface area contributed by atoms with E-state index in [1.54, 1.807) is 6.07 Å². The van der Waals surface area contributed by atoms with Crippen molar-refractivity contribution < 1.29 is 14.7 Å². The summed E-state index contributed by atoms with van der Waals surface area (Å²) in [6.45, 7) is 5.72. The van der Waals surface area contributed by atoms with E-state index < -0.39 is 11.5 Å². The molecule has 0 bridgehead atoms. The number of aryl methyl sites for hydroxylation is 2. The zero-order valence-corrected chi connectivity index (χ0v) is 21.5. The minimum absolute atomic E-state index is 0.0657. The highest BCUT2D eigenvalue weighted by atomic mass is 16.4. The number of aromatic carboxylic acids is 1. The number of carbonyl (C=O) groups excluding carboxylic acids is 1. The van der Waals surface area contributed by atoms with Crippen molar-refractivity contribution >= 4 is 17.6 Å². The van der Waals surface area contributed by atoms with E-state index in [0.717, 1.165) is 67.6 Å². The molecular formula is C29H39N3O3. The summed E-state index contributed by atoms with van der Waals surface area (Å²) in [7, 11) is 4.01. The summed E-state index contributed by atoms with van der Waals surface area (Å²) in [6.07, 6.45) is 5.88. The molecule has 1 amide bonds. The lowest BCUT2D eigenvalue weighted by Crippen LogP contribution is -2.61. The Balaban J connectivity index is 1.53. The number of amides is 1. The van der Waals surface area contributed by atoms with Gasteiger partial charge in [-0.2, -0.15) is 0 Å². The van der Waals surface area contributed by atoms with Crippen molar-refractivity contribution in [1.82, 2.24) is 9.80 Å². The van der Waals surface area contributed by atoms with E-state index in [1.807, 2.05) is 64.3 Å². The predicted octanol–water partition coefficient (Wildman–Crippen LogP) is 5.06. The van der Waals surface area contributed by atoms with Crippen LogP contribution in [0.4, 0.5) is 5.69 Å². The maximum atomic E-state index is 13.7. The van der Waals surface area contributed by atoms with Gasteiger partial charge in [-0.05, 0) is 76.4 Å². The predicted molar refractivity (Wildman–Crippen MR) is 140 cm³/mol. The van der Waals surface area contributed by atoms with Crippen LogP contribution in [0.1, 0.15) is 71.5 Å². The highest BCUT2D eigenvalue weighted by Gasteiger charge is 2.46. The number of para-hydroxylation sites is 1. The lowest BCUT2D eigenvalue weighted by Gasteiger charge is -2.49. The summed E-state index contributed by atoms with van der Waals surface area (Å²) in [4.78, 5) is 30.2. The molecular weight excluding hydrogens is 438 g/mol. The molecule has 1 saturated carbocycles. The number of nitrogens with zero attached hydrogens (tertiary/aromatic N) is 2. The monoisotopic (exact) mass is 477 g/mol. The zero-order valence-electron chi connectivity index (χ0n) is 21.5. The highest BCUT2D eigenvalue weighted by Crippen LogP contribution is 2.40. The molecule has 4 rings (SSSR count). The summed E-state index contributed by atoms with van der Waals surface area (Å²) < 4.78 is 0. The quantitative estimate of drug-likeness (QED) is 0.608. The van der Waals surface area contributed by atoms with Crippen molar-refractivity contribution in [3.8, 4) is 0 Å². The van der Waals surface area contributed by atoms with Crippen LogP contribution in [0.25, 0.3) is 0 Å². The molecule has 0 aromatic heterocycles. The molecule has 6 nitrogen and oxygen atoms in total. The van der Waals surface area contributed by atoms with Crippen LogP contribution < -0.4 is 5.32 Å². The van der Waals surface area contributed by atoms with E-state index in [9.17, 15) is 14.7 Å². The summed E-state index contributed by atoms with van der Waals surface area (Å²) >= 11 is 0. The summed E-state index contributed by atoms with van der Waals surface area (Å²) in [5.74, 6) is -0.569. The Morgan fingerprint density at radius 3 is 2.23 bits per heavy atom. The standard InChI is InChI=1S/C29H39N3O3/c1-20-10-9-11-21(2)26(20)30-28(35)29(31(3)4)16-18-32(19-17-29)25-15-8-7-13-23(25)22-12-5-6-14-24(22)27(33)34/h5-6,9-12,14,23,25H,7-8,13,15-19H2,1-4H3,(H,30,35)(H,33,34). The SMILES string of the molecule is Cc1cccc(C)c1NC(=O)C1(N(C)C)CCN(C2CCCCC2c2ccccc2C(=O)O)CC1. The third kappa shape index (κ3) is 5.00. The number of nitrogens with one attached hydrogen (secondary N) is 1. The van der Waals surface area contributed by atoms with Crippen LogP contribution in [-0.2, 0) is 4.79 Å². The lowest BCUT2D eigenvalue weighted by molar-refractivity contribution is -0.130. The average Bonchev–Trinajstić information content (AvgIpc) is 2.86. The van der Waals surface area contributed by atoms with E-state index >= 15 is 0 Å². The van der Waals surface area contributed by atoms with Gasteiger partial charge >= 0.3 is 5.97 Å². The first-order chi connectivity index (χ1) is 16.7. The normalized spacial score (nSPS) is 22.7. The second kappa shape index (κ2) is 10.5. The number of rotatable bonds is 6. The fourth-order valence-corrected chi connectivity index (χ4v) is 6.27. The van der Waals surface area contributed by atoms with Crippen LogP contribution >= 0.6 is 0 Å². The van der Waals surface area contributed by atoms with Gasteiger partial charge in [-0.1, -0.05) is 49.2 Å². The van der Waals surface area contributed by atoms with Gasteiger partial charge in [-0.15, -0.1) is 0 Å². The minimum atomic E-state index is -0.849. The van der Waals surface area contributed by atoms with Crippen LogP contribution in [0.3, 0.4) is 0 Å². The molecule has 2 unspecified atom stereocenters. The molecule has 1 aliphatic carbocycles. The number of hydrogen-bond acceptors (Lipinski definition) is 4. The maximum Gasteiger partial charge on any atom is 0.335 e. The number of piperidine rings is 1. The molecule has 2 atom stereocenters. The van der Waals surface area contributed by atoms with Gasteiger partial charge in [0.05, 0.1) is 5.56 Å². The van der Waals surface area contributed by atoms with Gasteiger partial charge in [0.1, 0.15) is 5.54 Å². The molecule has 2 aliphatic rings. The zero-order chi connectivity index (χ0) is 25.2. The Labute approximate surface area is 209 Å². The smallest absolute Gasteiger partial charge is 0.335 e. The lowest BCUT2D eigenvalue weighted by atomic mass is 9.76. The Morgan fingerprint density at radius 1 is 0.971 bits per heavy atom. The van der Waals surface area contributed by atoms with Gasteiger partial charge in [-0.25, -0.2) is 4.79 Å². The van der Waals surface area contributed by atoms with Crippen molar-refractivity contribution in [2.45, 2.75) is 69.9 Å². The third-order valence-corrected chi connectivity index (χ3v) is 8.41. The van der Waals surface area contributed by atoms with Gasteiger partial charge in [0, 0.05) is 30.7 Å². The minimum Gasteiger partial charge on any atom is -0.478 e. The number of carbonyl (C=O) groups is 2. The van der Waals surface area contributed by atoms with Crippen LogP contribution in [0.5, 0.6) is 0 Å². The maximum absolute atomic E-state index is 13.7.